The number of carbonyl (C=O) groups is 1. The molecule has 8 heteroatoms. The first kappa shape index (κ1) is 20.1. The van der Waals surface area contributed by atoms with Crippen LogP contribution in [0.5, 0.6) is 11.5 Å². The van der Waals surface area contributed by atoms with Crippen molar-refractivity contribution in [1.29, 1.82) is 0 Å². The molecule has 0 bridgehead atoms. The molecule has 0 spiro atoms. The van der Waals surface area contributed by atoms with Gasteiger partial charge in [-0.2, -0.15) is 0 Å². The van der Waals surface area contributed by atoms with E-state index in [9.17, 15) is 4.79 Å². The van der Waals surface area contributed by atoms with Crippen molar-refractivity contribution in [3.8, 4) is 11.5 Å². The maximum atomic E-state index is 11.2. The third-order valence-corrected chi connectivity index (χ3v) is 4.72. The molecule has 0 aliphatic heterocycles. The number of hydrogen-bond donors (Lipinski definition) is 2. The topological polar surface area (TPSA) is 112 Å². The van der Waals surface area contributed by atoms with Gasteiger partial charge in [-0.15, -0.1) is 0 Å². The van der Waals surface area contributed by atoms with Crippen molar-refractivity contribution in [2.24, 2.45) is 5.73 Å². The van der Waals surface area contributed by atoms with Crippen molar-refractivity contribution in [1.82, 2.24) is 15.0 Å². The van der Waals surface area contributed by atoms with Crippen LogP contribution >= 0.6 is 0 Å². The lowest BCUT2D eigenvalue weighted by atomic mass is 10.1. The lowest BCUT2D eigenvalue weighted by Gasteiger charge is -2.13. The van der Waals surface area contributed by atoms with E-state index >= 15 is 0 Å². The fraction of sp³-hybridized carbons (Fsp3) is 0.130. The second-order valence-corrected chi connectivity index (χ2v) is 6.92. The maximum absolute atomic E-state index is 11.2. The Balaban J connectivity index is 1.52. The normalized spacial score (nSPS) is 10.6. The van der Waals surface area contributed by atoms with Gasteiger partial charge < -0.3 is 20.5 Å². The molecule has 0 aliphatic rings. The van der Waals surface area contributed by atoms with Crippen LogP contribution in [0.2, 0.25) is 0 Å². The van der Waals surface area contributed by atoms with Gasteiger partial charge in [0.25, 0.3) is 0 Å². The maximum Gasteiger partial charge on any atom is 0.409 e. The van der Waals surface area contributed by atoms with Gasteiger partial charge in [0.05, 0.1) is 17.6 Å². The van der Waals surface area contributed by atoms with Crippen molar-refractivity contribution in [3.05, 3.63) is 77.9 Å². The second kappa shape index (κ2) is 8.66. The van der Waals surface area contributed by atoms with E-state index < -0.39 is 6.09 Å². The summed E-state index contributed by atoms with van der Waals surface area (Å²) < 4.78 is 11.1. The highest BCUT2D eigenvalue weighted by molar-refractivity contribution is 5.94. The van der Waals surface area contributed by atoms with E-state index in [1.807, 2.05) is 50.2 Å². The lowest BCUT2D eigenvalue weighted by molar-refractivity contribution is 0.211. The number of hydrogen-bond acceptors (Lipinski definition) is 7. The Morgan fingerprint density at radius 2 is 1.71 bits per heavy atom. The van der Waals surface area contributed by atoms with Crippen LogP contribution in [0.15, 0.2) is 60.9 Å². The summed E-state index contributed by atoms with van der Waals surface area (Å²) in [6.07, 6.45) is 2.52. The number of aryl methyl sites for hydroxylation is 2. The molecule has 0 saturated carbocycles. The van der Waals surface area contributed by atoms with Crippen molar-refractivity contribution in [2.45, 2.75) is 20.5 Å². The zero-order valence-corrected chi connectivity index (χ0v) is 17.1. The third kappa shape index (κ3) is 4.69. The number of amides is 1. The van der Waals surface area contributed by atoms with E-state index in [-0.39, 0.29) is 0 Å². The van der Waals surface area contributed by atoms with Crippen LogP contribution in [-0.2, 0) is 6.61 Å². The molecule has 0 aliphatic carbocycles. The molecular weight excluding hydrogens is 394 g/mol. The van der Waals surface area contributed by atoms with Gasteiger partial charge in [0.15, 0.2) is 0 Å². The first-order valence-corrected chi connectivity index (χ1v) is 9.63. The van der Waals surface area contributed by atoms with Crippen molar-refractivity contribution >= 4 is 28.5 Å². The van der Waals surface area contributed by atoms with Crippen LogP contribution in [-0.4, -0.2) is 21.0 Å². The van der Waals surface area contributed by atoms with E-state index in [0.717, 1.165) is 27.7 Å². The molecule has 31 heavy (non-hydrogen) atoms. The molecule has 0 radical (unpaired) electrons. The summed E-state index contributed by atoms with van der Waals surface area (Å²) in [4.78, 5) is 24.3. The number of nitrogens with two attached hydrogens (primary N) is 1. The van der Waals surface area contributed by atoms with Crippen molar-refractivity contribution in [3.63, 3.8) is 0 Å². The Labute approximate surface area is 179 Å². The number of carbonyl (C=O) groups excluding carboxylic acids is 1. The van der Waals surface area contributed by atoms with Gasteiger partial charge in [0.1, 0.15) is 29.7 Å². The minimum atomic E-state index is -0.857. The monoisotopic (exact) mass is 415 g/mol. The molecule has 0 atom stereocenters. The second-order valence-electron chi connectivity index (χ2n) is 6.92. The average molecular weight is 415 g/mol. The number of nitrogens with one attached hydrogen (secondary N) is 1. The fourth-order valence-corrected chi connectivity index (χ4v) is 3.09. The van der Waals surface area contributed by atoms with Gasteiger partial charge >= 0.3 is 6.09 Å². The Morgan fingerprint density at radius 1 is 0.968 bits per heavy atom. The SMILES string of the molecule is Cc1ncc(Nc2cc(COc3ccc(OC(N)=O)c4ccccc34)ccn2)nc1C. The largest absolute Gasteiger partial charge is 0.488 e. The Kier molecular flexibility index (Phi) is 5.61. The number of aromatic nitrogens is 3. The molecule has 2 heterocycles. The standard InChI is InChI=1S/C23H21N5O3/c1-14-15(2)27-22(12-26-14)28-21-11-16(9-10-25-21)13-30-19-7-8-20(31-23(24)29)18-6-4-3-5-17(18)19/h3-12H,13H2,1-2H3,(H2,24,29)(H,25,27,28). The van der Waals surface area contributed by atoms with Crippen LogP contribution in [0.4, 0.5) is 16.4 Å². The number of benzene rings is 2. The van der Waals surface area contributed by atoms with Crippen LogP contribution < -0.4 is 20.5 Å². The number of rotatable bonds is 6. The van der Waals surface area contributed by atoms with Crippen LogP contribution in [0, 0.1) is 13.8 Å². The Hall–Kier alpha value is -4.20. The zero-order chi connectivity index (χ0) is 21.8. The predicted molar refractivity (Wildman–Crippen MR) is 118 cm³/mol. The summed E-state index contributed by atoms with van der Waals surface area (Å²) >= 11 is 0. The van der Waals surface area contributed by atoms with E-state index in [0.29, 0.717) is 29.7 Å². The predicted octanol–water partition coefficient (Wildman–Crippen LogP) is 4.42. The summed E-state index contributed by atoms with van der Waals surface area (Å²) in [5.74, 6) is 2.33. The van der Waals surface area contributed by atoms with Crippen molar-refractivity contribution < 1.29 is 14.3 Å². The van der Waals surface area contributed by atoms with Gasteiger partial charge in [-0.05, 0) is 43.7 Å². The van der Waals surface area contributed by atoms with Crippen LogP contribution in [0.25, 0.3) is 10.8 Å². The average Bonchev–Trinajstić information content (AvgIpc) is 2.76. The highest BCUT2D eigenvalue weighted by atomic mass is 16.5. The molecule has 4 aromatic rings. The summed E-state index contributed by atoms with van der Waals surface area (Å²) in [6, 6.07) is 14.7. The highest BCUT2D eigenvalue weighted by Gasteiger charge is 2.10. The smallest absolute Gasteiger partial charge is 0.409 e. The number of primary amides is 1. The zero-order valence-electron chi connectivity index (χ0n) is 17.1. The molecule has 2 aromatic heterocycles. The summed E-state index contributed by atoms with van der Waals surface area (Å²) in [7, 11) is 0. The summed E-state index contributed by atoms with van der Waals surface area (Å²) in [6.45, 7) is 4.16. The van der Waals surface area contributed by atoms with Crippen LogP contribution in [0.1, 0.15) is 17.0 Å². The first-order chi connectivity index (χ1) is 15.0. The van der Waals surface area contributed by atoms with E-state index in [2.05, 4.69) is 20.3 Å². The molecular formula is C23H21N5O3. The molecule has 0 saturated heterocycles. The van der Waals surface area contributed by atoms with Gasteiger partial charge in [0.2, 0.25) is 0 Å². The van der Waals surface area contributed by atoms with Gasteiger partial charge in [-0.1, -0.05) is 24.3 Å². The lowest BCUT2D eigenvalue weighted by Crippen LogP contribution is -2.16. The minimum absolute atomic E-state index is 0.329. The number of nitrogens with zero attached hydrogens (tertiary/aromatic N) is 3. The van der Waals surface area contributed by atoms with E-state index in [1.165, 1.54) is 0 Å². The molecule has 2 aromatic carbocycles. The number of ether oxygens (including phenoxy) is 2. The van der Waals surface area contributed by atoms with Crippen molar-refractivity contribution in [2.75, 3.05) is 5.32 Å². The summed E-state index contributed by atoms with van der Waals surface area (Å²) in [5, 5.41) is 4.72. The first-order valence-electron chi connectivity index (χ1n) is 9.63. The number of pyridine rings is 1. The minimum Gasteiger partial charge on any atom is -0.488 e. The van der Waals surface area contributed by atoms with E-state index in [1.54, 1.807) is 24.5 Å². The van der Waals surface area contributed by atoms with E-state index in [4.69, 9.17) is 15.2 Å². The Morgan fingerprint density at radius 3 is 2.45 bits per heavy atom. The Bertz CT molecular complexity index is 1260. The highest BCUT2D eigenvalue weighted by Crippen LogP contribution is 2.33. The summed E-state index contributed by atoms with van der Waals surface area (Å²) in [5.41, 5.74) is 7.84. The third-order valence-electron chi connectivity index (χ3n) is 4.72. The van der Waals surface area contributed by atoms with Gasteiger partial charge in [-0.25, -0.2) is 14.8 Å². The molecule has 1 amide bonds. The number of anilines is 2. The van der Waals surface area contributed by atoms with Gasteiger partial charge in [-0.3, -0.25) is 4.98 Å². The van der Waals surface area contributed by atoms with Crippen LogP contribution in [0.3, 0.4) is 0 Å². The molecule has 3 N–H and O–H groups in total. The fourth-order valence-electron chi connectivity index (χ4n) is 3.09. The molecule has 0 unspecified atom stereocenters. The molecule has 4 rings (SSSR count). The number of fused-ring (bicyclic) bond motifs is 1. The quantitative estimate of drug-likeness (QED) is 0.479. The molecule has 8 nitrogen and oxygen atoms in total. The molecule has 0 fully saturated rings. The van der Waals surface area contributed by atoms with Gasteiger partial charge in [0, 0.05) is 17.0 Å². The molecule has 156 valence electrons.